The quantitative estimate of drug-likeness (QED) is 0.739. The van der Waals surface area contributed by atoms with Gasteiger partial charge in [0.25, 0.3) is 0 Å². The molecule has 1 saturated heterocycles. The number of piperidine rings is 1. The standard InChI is InChI=1S/C16H22FNO.ClH/c1-13-8-11-18(12-9-13)10-2-3-16(19)14-4-6-15(17)7-5-14;/h4-7,13H,2-3,8-12H2,1H3;1H/p-1. The van der Waals surface area contributed by atoms with Gasteiger partial charge in [-0.2, -0.15) is 0 Å². The van der Waals surface area contributed by atoms with Crippen molar-refractivity contribution in [3.63, 3.8) is 0 Å². The van der Waals surface area contributed by atoms with Gasteiger partial charge in [-0.05, 0) is 69.1 Å². The Labute approximate surface area is 126 Å². The van der Waals surface area contributed by atoms with Crippen LogP contribution in [0.4, 0.5) is 4.39 Å². The zero-order valence-electron chi connectivity index (χ0n) is 11.9. The number of halogens is 2. The first kappa shape index (κ1) is 17.1. The molecule has 1 aromatic rings. The number of carbonyl (C=O) groups excluding carboxylic acids is 1. The fourth-order valence-electron chi connectivity index (χ4n) is 2.53. The summed E-state index contributed by atoms with van der Waals surface area (Å²) in [6.07, 6.45) is 3.99. The molecule has 0 radical (unpaired) electrons. The number of carbonyl (C=O) groups is 1. The maximum atomic E-state index is 12.8. The molecular formula is C16H22ClFNO-. The molecule has 112 valence electrons. The fraction of sp³-hybridized carbons (Fsp3) is 0.562. The lowest BCUT2D eigenvalue weighted by Crippen LogP contribution is -3.00. The summed E-state index contributed by atoms with van der Waals surface area (Å²) >= 11 is 0. The average molecular weight is 299 g/mol. The lowest BCUT2D eigenvalue weighted by Gasteiger charge is -2.29. The molecule has 4 heteroatoms. The zero-order valence-corrected chi connectivity index (χ0v) is 12.7. The third-order valence-corrected chi connectivity index (χ3v) is 3.92. The maximum Gasteiger partial charge on any atom is 0.162 e. The van der Waals surface area contributed by atoms with E-state index in [1.165, 1.54) is 25.0 Å². The van der Waals surface area contributed by atoms with Crippen molar-refractivity contribution in [3.8, 4) is 0 Å². The maximum absolute atomic E-state index is 12.8. The first-order valence-corrected chi connectivity index (χ1v) is 7.16. The number of hydrogen-bond acceptors (Lipinski definition) is 2. The molecule has 0 amide bonds. The summed E-state index contributed by atoms with van der Waals surface area (Å²) in [5, 5.41) is 0. The van der Waals surface area contributed by atoms with Crippen LogP contribution in [0.15, 0.2) is 24.3 Å². The van der Waals surface area contributed by atoms with Gasteiger partial charge < -0.3 is 17.3 Å². The molecule has 0 aromatic heterocycles. The van der Waals surface area contributed by atoms with E-state index in [4.69, 9.17) is 0 Å². The summed E-state index contributed by atoms with van der Waals surface area (Å²) in [6.45, 7) is 5.62. The van der Waals surface area contributed by atoms with E-state index >= 15 is 0 Å². The van der Waals surface area contributed by atoms with Gasteiger partial charge in [0.2, 0.25) is 0 Å². The molecule has 1 aliphatic rings. The highest BCUT2D eigenvalue weighted by Crippen LogP contribution is 2.16. The molecule has 0 atom stereocenters. The number of nitrogens with zero attached hydrogens (tertiary/aromatic N) is 1. The van der Waals surface area contributed by atoms with Crippen molar-refractivity contribution in [2.45, 2.75) is 32.6 Å². The molecule has 0 N–H and O–H groups in total. The first-order chi connectivity index (χ1) is 9.15. The summed E-state index contributed by atoms with van der Waals surface area (Å²) < 4.78 is 12.8. The molecular weight excluding hydrogens is 277 g/mol. The summed E-state index contributed by atoms with van der Waals surface area (Å²) in [5.41, 5.74) is 0.619. The molecule has 0 spiro atoms. The second kappa shape index (κ2) is 8.38. The number of rotatable bonds is 5. The van der Waals surface area contributed by atoms with Gasteiger partial charge in [0.05, 0.1) is 0 Å². The Morgan fingerprint density at radius 1 is 1.25 bits per heavy atom. The number of hydrogen-bond donors (Lipinski definition) is 0. The molecule has 0 bridgehead atoms. The normalized spacial score (nSPS) is 16.7. The van der Waals surface area contributed by atoms with Crippen LogP contribution < -0.4 is 12.4 Å². The van der Waals surface area contributed by atoms with E-state index in [1.54, 1.807) is 12.1 Å². The van der Waals surface area contributed by atoms with Crippen LogP contribution in [0.5, 0.6) is 0 Å². The minimum absolute atomic E-state index is 0. The molecule has 0 saturated carbocycles. The minimum Gasteiger partial charge on any atom is -1.00 e. The van der Waals surface area contributed by atoms with Gasteiger partial charge in [-0.25, -0.2) is 4.39 Å². The monoisotopic (exact) mass is 298 g/mol. The van der Waals surface area contributed by atoms with Crippen LogP contribution in [0.3, 0.4) is 0 Å². The van der Waals surface area contributed by atoms with E-state index in [-0.39, 0.29) is 24.0 Å². The summed E-state index contributed by atoms with van der Waals surface area (Å²) in [4.78, 5) is 14.4. The van der Waals surface area contributed by atoms with Crippen LogP contribution in [0.1, 0.15) is 43.0 Å². The number of benzene rings is 1. The van der Waals surface area contributed by atoms with Crippen molar-refractivity contribution in [2.75, 3.05) is 19.6 Å². The molecule has 20 heavy (non-hydrogen) atoms. The van der Waals surface area contributed by atoms with E-state index in [9.17, 15) is 9.18 Å². The highest BCUT2D eigenvalue weighted by Gasteiger charge is 2.15. The van der Waals surface area contributed by atoms with Crippen LogP contribution >= 0.6 is 0 Å². The number of Topliss-reactive ketones (excluding diaryl/α,β-unsaturated/α-hetero) is 1. The van der Waals surface area contributed by atoms with Gasteiger partial charge in [0.15, 0.2) is 5.78 Å². The van der Waals surface area contributed by atoms with E-state index in [0.29, 0.717) is 12.0 Å². The van der Waals surface area contributed by atoms with Gasteiger partial charge in [-0.15, -0.1) is 0 Å². The van der Waals surface area contributed by atoms with Crippen molar-refractivity contribution < 1.29 is 21.6 Å². The third kappa shape index (κ3) is 5.22. The molecule has 1 aliphatic heterocycles. The smallest absolute Gasteiger partial charge is 0.162 e. The topological polar surface area (TPSA) is 20.3 Å². The molecule has 0 unspecified atom stereocenters. The lowest BCUT2D eigenvalue weighted by molar-refractivity contribution is -0.0000126. The number of likely N-dealkylation sites (tertiary alicyclic amines) is 1. The molecule has 1 aromatic carbocycles. The van der Waals surface area contributed by atoms with Crippen LogP contribution in [-0.4, -0.2) is 30.3 Å². The van der Waals surface area contributed by atoms with E-state index in [0.717, 1.165) is 32.0 Å². The Morgan fingerprint density at radius 2 is 1.85 bits per heavy atom. The average Bonchev–Trinajstić information content (AvgIpc) is 2.41. The number of ketones is 1. The van der Waals surface area contributed by atoms with E-state index < -0.39 is 0 Å². The van der Waals surface area contributed by atoms with Gasteiger partial charge >= 0.3 is 0 Å². The first-order valence-electron chi connectivity index (χ1n) is 7.16. The van der Waals surface area contributed by atoms with E-state index in [1.807, 2.05) is 0 Å². The zero-order chi connectivity index (χ0) is 13.7. The second-order valence-corrected chi connectivity index (χ2v) is 5.56. The van der Waals surface area contributed by atoms with Crippen LogP contribution in [0, 0.1) is 11.7 Å². The molecule has 1 heterocycles. The fourth-order valence-corrected chi connectivity index (χ4v) is 2.53. The van der Waals surface area contributed by atoms with E-state index in [2.05, 4.69) is 11.8 Å². The minimum atomic E-state index is -0.293. The van der Waals surface area contributed by atoms with Gasteiger partial charge in [0, 0.05) is 12.0 Å². The van der Waals surface area contributed by atoms with Crippen LogP contribution in [0.25, 0.3) is 0 Å². The van der Waals surface area contributed by atoms with Crippen molar-refractivity contribution in [1.29, 1.82) is 0 Å². The van der Waals surface area contributed by atoms with Crippen LogP contribution in [0.2, 0.25) is 0 Å². The van der Waals surface area contributed by atoms with Gasteiger partial charge in [-0.3, -0.25) is 4.79 Å². The Hall–Kier alpha value is -0.930. The molecule has 0 aliphatic carbocycles. The van der Waals surface area contributed by atoms with Crippen molar-refractivity contribution in [3.05, 3.63) is 35.6 Å². The van der Waals surface area contributed by atoms with Crippen LogP contribution in [-0.2, 0) is 0 Å². The Kier molecular flexibility index (Phi) is 7.17. The Morgan fingerprint density at radius 3 is 2.45 bits per heavy atom. The van der Waals surface area contributed by atoms with Gasteiger partial charge in [-0.1, -0.05) is 6.92 Å². The van der Waals surface area contributed by atoms with Gasteiger partial charge in [0.1, 0.15) is 5.82 Å². The summed E-state index contributed by atoms with van der Waals surface area (Å²) in [6, 6.07) is 5.83. The molecule has 1 fully saturated rings. The Bertz CT molecular complexity index is 413. The van der Waals surface area contributed by atoms with Crippen molar-refractivity contribution >= 4 is 5.78 Å². The van der Waals surface area contributed by atoms with Crippen molar-refractivity contribution in [2.24, 2.45) is 5.92 Å². The summed E-state index contributed by atoms with van der Waals surface area (Å²) in [7, 11) is 0. The highest BCUT2D eigenvalue weighted by molar-refractivity contribution is 5.95. The SMILES string of the molecule is CC1CCN(CCCC(=O)c2ccc(F)cc2)CC1.[Cl-]. The highest BCUT2D eigenvalue weighted by atomic mass is 35.5. The lowest BCUT2D eigenvalue weighted by atomic mass is 9.99. The predicted octanol–water partition coefficient (Wildman–Crippen LogP) is 0.525. The largest absolute Gasteiger partial charge is 1.00 e. The Balaban J connectivity index is 0.00000200. The summed E-state index contributed by atoms with van der Waals surface area (Å²) in [5.74, 6) is 0.668. The molecule has 2 nitrogen and oxygen atoms in total. The van der Waals surface area contributed by atoms with Crippen molar-refractivity contribution in [1.82, 2.24) is 4.90 Å². The predicted molar refractivity (Wildman–Crippen MR) is 74.8 cm³/mol. The third-order valence-electron chi connectivity index (χ3n) is 3.92. The second-order valence-electron chi connectivity index (χ2n) is 5.56. The molecule has 2 rings (SSSR count).